The van der Waals surface area contributed by atoms with Gasteiger partial charge in [0.1, 0.15) is 6.04 Å². The van der Waals surface area contributed by atoms with E-state index in [9.17, 15) is 19.5 Å². The minimum absolute atomic E-state index is 0.0650. The summed E-state index contributed by atoms with van der Waals surface area (Å²) in [6.45, 7) is 4.27. The number of amides is 1. The predicted octanol–water partition coefficient (Wildman–Crippen LogP) is 3.98. The number of ether oxygens (including phenoxy) is 2. The molecule has 192 valence electrons. The van der Waals surface area contributed by atoms with E-state index in [1.807, 2.05) is 30.3 Å². The van der Waals surface area contributed by atoms with Crippen LogP contribution in [0.3, 0.4) is 0 Å². The Hall–Kier alpha value is -2.61. The van der Waals surface area contributed by atoms with E-state index in [4.69, 9.17) is 9.47 Å². The summed E-state index contributed by atoms with van der Waals surface area (Å²) < 4.78 is 10.5. The molecular formula is C27H38N2O6. The van der Waals surface area contributed by atoms with Gasteiger partial charge < -0.3 is 19.5 Å². The topological polar surface area (TPSA) is 105 Å². The van der Waals surface area contributed by atoms with Crippen LogP contribution in [0.1, 0.15) is 64.4 Å². The predicted molar refractivity (Wildman–Crippen MR) is 130 cm³/mol. The molecule has 1 heterocycles. The van der Waals surface area contributed by atoms with Crippen LogP contribution in [0.2, 0.25) is 0 Å². The maximum Gasteiger partial charge on any atom is 0.507 e. The van der Waals surface area contributed by atoms with Crippen LogP contribution in [-0.4, -0.2) is 59.5 Å². The normalized spacial score (nSPS) is 29.1. The molecule has 1 aliphatic heterocycles. The third-order valence-corrected chi connectivity index (χ3v) is 8.30. The number of carbonyl (C=O) groups excluding carboxylic acids is 2. The van der Waals surface area contributed by atoms with Gasteiger partial charge in [0, 0.05) is 13.0 Å². The highest BCUT2D eigenvalue weighted by Crippen LogP contribution is 2.58. The lowest BCUT2D eigenvalue weighted by Gasteiger charge is -2.49. The van der Waals surface area contributed by atoms with Gasteiger partial charge in [-0.05, 0) is 68.8 Å². The molecule has 4 aliphatic rings. The molecule has 1 spiro atoms. The van der Waals surface area contributed by atoms with Gasteiger partial charge in [0.05, 0.1) is 12.6 Å². The molecule has 8 heteroatoms. The van der Waals surface area contributed by atoms with Crippen molar-refractivity contribution in [1.29, 1.82) is 0 Å². The Labute approximate surface area is 207 Å². The molecule has 0 aromatic heterocycles. The van der Waals surface area contributed by atoms with Gasteiger partial charge in [-0.2, -0.15) is 0 Å². The monoisotopic (exact) mass is 486 g/mol. The molecule has 1 aromatic carbocycles. The number of nitrogens with one attached hydrogen (secondary N) is 1. The van der Waals surface area contributed by atoms with Crippen LogP contribution in [-0.2, 0) is 25.5 Å². The summed E-state index contributed by atoms with van der Waals surface area (Å²) >= 11 is 0. The van der Waals surface area contributed by atoms with Gasteiger partial charge in [0.15, 0.2) is 6.23 Å². The van der Waals surface area contributed by atoms with Gasteiger partial charge in [0.2, 0.25) is 5.91 Å². The number of hydrogen-bond donors (Lipinski definition) is 2. The minimum atomic E-state index is -1.36. The standard InChI is InChI=1S/C27H38N2O6/c1-3-34-25(31)22(14-11-19-7-5-4-6-8-19)28-18(2)24(30)29-17-27(16-23(29)35-26(32)33)15-20-9-12-21(27)13-10-20/h4-8,18,20-23,28H,3,9-17H2,1-2H3,(H,32,33)/t18-,20?,21?,22-,23-,27-/m1/s1. The molecule has 0 unspecified atom stereocenters. The Kier molecular flexibility index (Phi) is 7.99. The summed E-state index contributed by atoms with van der Waals surface area (Å²) in [5, 5.41) is 12.5. The highest BCUT2D eigenvalue weighted by Gasteiger charge is 2.56. The molecule has 3 aliphatic carbocycles. The third kappa shape index (κ3) is 5.80. The number of likely N-dealkylation sites (tertiary alicyclic amines) is 1. The number of carbonyl (C=O) groups is 3. The summed E-state index contributed by atoms with van der Waals surface area (Å²) in [5.74, 6) is 0.543. The Balaban J connectivity index is 1.45. The maximum atomic E-state index is 13.6. The van der Waals surface area contributed by atoms with Gasteiger partial charge in [0.25, 0.3) is 0 Å². The van der Waals surface area contributed by atoms with E-state index in [2.05, 4.69) is 5.32 Å². The smallest absolute Gasteiger partial charge is 0.465 e. The van der Waals surface area contributed by atoms with Crippen molar-refractivity contribution in [3.05, 3.63) is 35.9 Å². The molecule has 0 radical (unpaired) electrons. The van der Waals surface area contributed by atoms with Crippen LogP contribution in [0.25, 0.3) is 0 Å². The fourth-order valence-corrected chi connectivity index (χ4v) is 6.66. The van der Waals surface area contributed by atoms with E-state index in [-0.39, 0.29) is 23.9 Å². The number of hydrogen-bond acceptors (Lipinski definition) is 6. The SMILES string of the molecule is CCOC(=O)[C@@H](CCc1ccccc1)N[C@H](C)C(=O)N1C[C@@]2(CC3CCC2CC3)C[C@H]1OC(=O)O. The number of rotatable bonds is 9. The third-order valence-electron chi connectivity index (χ3n) is 8.30. The Morgan fingerprint density at radius 1 is 1.14 bits per heavy atom. The van der Waals surface area contributed by atoms with Crippen LogP contribution in [0, 0.1) is 17.3 Å². The average Bonchev–Trinajstić information content (AvgIpc) is 3.18. The molecule has 35 heavy (non-hydrogen) atoms. The number of benzene rings is 1. The first-order chi connectivity index (χ1) is 16.8. The van der Waals surface area contributed by atoms with Crippen LogP contribution < -0.4 is 5.32 Å². The second-order valence-electron chi connectivity index (χ2n) is 10.5. The van der Waals surface area contributed by atoms with Gasteiger partial charge in [-0.3, -0.25) is 14.9 Å². The summed E-state index contributed by atoms with van der Waals surface area (Å²) in [4.78, 5) is 39.3. The zero-order chi connectivity index (χ0) is 25.0. The van der Waals surface area contributed by atoms with Crippen LogP contribution >= 0.6 is 0 Å². The summed E-state index contributed by atoms with van der Waals surface area (Å²) in [6, 6.07) is 8.54. The zero-order valence-electron chi connectivity index (χ0n) is 20.8. The molecule has 4 fully saturated rings. The minimum Gasteiger partial charge on any atom is -0.465 e. The lowest BCUT2D eigenvalue weighted by molar-refractivity contribution is -0.147. The molecule has 8 nitrogen and oxygen atoms in total. The lowest BCUT2D eigenvalue weighted by Crippen LogP contribution is -2.53. The number of esters is 1. The highest BCUT2D eigenvalue weighted by molar-refractivity contribution is 5.84. The molecule has 2 bridgehead atoms. The van der Waals surface area contributed by atoms with Crippen LogP contribution in [0.4, 0.5) is 4.79 Å². The quantitative estimate of drug-likeness (QED) is 0.509. The van der Waals surface area contributed by atoms with E-state index in [0.717, 1.165) is 24.8 Å². The first-order valence-corrected chi connectivity index (χ1v) is 13.0. The van der Waals surface area contributed by atoms with Gasteiger partial charge >= 0.3 is 12.1 Å². The Bertz CT molecular complexity index is 900. The van der Waals surface area contributed by atoms with E-state index < -0.39 is 24.5 Å². The van der Waals surface area contributed by atoms with E-state index in [0.29, 0.717) is 37.6 Å². The fourth-order valence-electron chi connectivity index (χ4n) is 6.66. The summed E-state index contributed by atoms with van der Waals surface area (Å²) in [6.07, 6.45) is 5.35. The zero-order valence-corrected chi connectivity index (χ0v) is 20.8. The molecule has 3 saturated carbocycles. The highest BCUT2D eigenvalue weighted by atomic mass is 16.7. The van der Waals surface area contributed by atoms with Gasteiger partial charge in [-0.1, -0.05) is 43.2 Å². The van der Waals surface area contributed by atoms with Gasteiger partial charge in [-0.15, -0.1) is 0 Å². The number of carboxylic acid groups (broad SMARTS) is 1. The second kappa shape index (κ2) is 11.0. The average molecular weight is 487 g/mol. The van der Waals surface area contributed by atoms with Crippen LogP contribution in [0.15, 0.2) is 30.3 Å². The van der Waals surface area contributed by atoms with Crippen molar-refractivity contribution in [2.45, 2.75) is 83.5 Å². The molecule has 2 N–H and O–H groups in total. The first kappa shape index (κ1) is 25.5. The second-order valence-corrected chi connectivity index (χ2v) is 10.5. The molecular weight excluding hydrogens is 448 g/mol. The van der Waals surface area contributed by atoms with Crippen molar-refractivity contribution in [2.24, 2.45) is 17.3 Å². The van der Waals surface area contributed by atoms with Crippen molar-refractivity contribution >= 4 is 18.0 Å². The molecule has 1 saturated heterocycles. The van der Waals surface area contributed by atoms with E-state index in [1.54, 1.807) is 18.7 Å². The molecule has 5 rings (SSSR count). The number of fused-ring (bicyclic) bond motifs is 2. The van der Waals surface area contributed by atoms with Crippen molar-refractivity contribution < 1.29 is 29.0 Å². The van der Waals surface area contributed by atoms with E-state index in [1.165, 1.54) is 12.8 Å². The summed E-state index contributed by atoms with van der Waals surface area (Å²) in [7, 11) is 0. The fraction of sp³-hybridized carbons (Fsp3) is 0.667. The van der Waals surface area contributed by atoms with Gasteiger partial charge in [-0.25, -0.2) is 4.79 Å². The summed E-state index contributed by atoms with van der Waals surface area (Å²) in [5.41, 5.74) is 1.04. The Morgan fingerprint density at radius 2 is 1.86 bits per heavy atom. The van der Waals surface area contributed by atoms with Crippen LogP contribution in [0.5, 0.6) is 0 Å². The van der Waals surface area contributed by atoms with Crippen molar-refractivity contribution in [1.82, 2.24) is 10.2 Å². The Morgan fingerprint density at radius 3 is 2.46 bits per heavy atom. The first-order valence-electron chi connectivity index (χ1n) is 13.0. The maximum absolute atomic E-state index is 13.6. The lowest BCUT2D eigenvalue weighted by atomic mass is 9.55. The molecule has 1 aromatic rings. The van der Waals surface area contributed by atoms with Crippen molar-refractivity contribution in [3.8, 4) is 0 Å². The molecule has 4 atom stereocenters. The molecule has 1 amide bonds. The van der Waals surface area contributed by atoms with Crippen molar-refractivity contribution in [2.75, 3.05) is 13.2 Å². The number of nitrogens with zero attached hydrogens (tertiary/aromatic N) is 1. The number of aryl methyl sites for hydroxylation is 1. The van der Waals surface area contributed by atoms with E-state index >= 15 is 0 Å². The largest absolute Gasteiger partial charge is 0.507 e. The van der Waals surface area contributed by atoms with Crippen molar-refractivity contribution in [3.63, 3.8) is 0 Å².